The molecular formula is C16H18N2S. The number of para-hydroxylation sites is 1. The minimum atomic E-state index is 0.258. The van der Waals surface area contributed by atoms with Crippen molar-refractivity contribution < 1.29 is 0 Å². The highest BCUT2D eigenvalue weighted by Crippen LogP contribution is 2.29. The molecule has 1 aromatic carbocycles. The monoisotopic (exact) mass is 270 g/mol. The Bertz CT molecular complexity index is 525. The van der Waals surface area contributed by atoms with Gasteiger partial charge in [0.05, 0.1) is 0 Å². The van der Waals surface area contributed by atoms with Crippen LogP contribution in [0, 0.1) is 0 Å². The number of pyridine rings is 1. The van der Waals surface area contributed by atoms with Crippen LogP contribution in [0.1, 0.15) is 18.5 Å². The van der Waals surface area contributed by atoms with Crippen LogP contribution < -0.4 is 5.32 Å². The highest BCUT2D eigenvalue weighted by molar-refractivity contribution is 7.99. The minimum absolute atomic E-state index is 0.258. The largest absolute Gasteiger partial charge is 0.378 e. The van der Waals surface area contributed by atoms with Gasteiger partial charge < -0.3 is 5.32 Å². The summed E-state index contributed by atoms with van der Waals surface area (Å²) in [6.07, 6.45) is 5.57. The van der Waals surface area contributed by atoms with Crippen LogP contribution in [-0.4, -0.2) is 10.7 Å². The van der Waals surface area contributed by atoms with E-state index in [1.165, 1.54) is 16.1 Å². The number of thioether (sulfide) groups is 1. The van der Waals surface area contributed by atoms with E-state index in [1.807, 2.05) is 30.6 Å². The Labute approximate surface area is 119 Å². The number of anilines is 1. The molecule has 2 nitrogen and oxygen atoms in total. The molecule has 0 aliphatic rings. The molecule has 1 aromatic heterocycles. The SMILES string of the molecule is C=CCSc1ccccc1NC(C)c1ccncc1. The number of hydrogen-bond donors (Lipinski definition) is 1. The quantitative estimate of drug-likeness (QED) is 0.616. The number of hydrogen-bond acceptors (Lipinski definition) is 3. The summed E-state index contributed by atoms with van der Waals surface area (Å²) in [5, 5.41) is 3.55. The van der Waals surface area contributed by atoms with E-state index in [9.17, 15) is 0 Å². The van der Waals surface area contributed by atoms with Gasteiger partial charge in [-0.05, 0) is 36.8 Å². The molecule has 0 amide bonds. The van der Waals surface area contributed by atoms with Gasteiger partial charge in [-0.2, -0.15) is 0 Å². The fourth-order valence-corrected chi connectivity index (χ4v) is 2.58. The third kappa shape index (κ3) is 3.86. The Morgan fingerprint density at radius 3 is 2.74 bits per heavy atom. The van der Waals surface area contributed by atoms with Crippen molar-refractivity contribution in [3.63, 3.8) is 0 Å². The molecule has 0 saturated heterocycles. The Hall–Kier alpha value is -1.74. The van der Waals surface area contributed by atoms with Crippen molar-refractivity contribution in [1.29, 1.82) is 0 Å². The maximum atomic E-state index is 4.05. The third-order valence-electron chi connectivity index (χ3n) is 2.82. The van der Waals surface area contributed by atoms with Crippen LogP contribution in [0.2, 0.25) is 0 Å². The molecule has 0 saturated carbocycles. The summed E-state index contributed by atoms with van der Waals surface area (Å²) in [6.45, 7) is 5.92. The zero-order valence-electron chi connectivity index (χ0n) is 11.0. The highest BCUT2D eigenvalue weighted by Gasteiger charge is 2.07. The second-order valence-electron chi connectivity index (χ2n) is 4.24. The zero-order valence-corrected chi connectivity index (χ0v) is 11.9. The molecule has 2 rings (SSSR count). The lowest BCUT2D eigenvalue weighted by Gasteiger charge is -2.18. The topological polar surface area (TPSA) is 24.9 Å². The average molecular weight is 270 g/mol. The number of nitrogens with one attached hydrogen (secondary N) is 1. The van der Waals surface area contributed by atoms with Gasteiger partial charge in [0.2, 0.25) is 0 Å². The maximum absolute atomic E-state index is 4.05. The lowest BCUT2D eigenvalue weighted by atomic mass is 10.1. The van der Waals surface area contributed by atoms with E-state index in [0.717, 1.165) is 5.75 Å². The van der Waals surface area contributed by atoms with E-state index in [1.54, 1.807) is 11.8 Å². The van der Waals surface area contributed by atoms with E-state index < -0.39 is 0 Å². The molecule has 0 bridgehead atoms. The second kappa shape index (κ2) is 7.00. The third-order valence-corrected chi connectivity index (χ3v) is 3.89. The Balaban J connectivity index is 2.12. The van der Waals surface area contributed by atoms with Crippen LogP contribution in [0.4, 0.5) is 5.69 Å². The first-order chi connectivity index (χ1) is 9.31. The minimum Gasteiger partial charge on any atom is -0.378 e. The molecule has 0 spiro atoms. The van der Waals surface area contributed by atoms with Gasteiger partial charge in [-0.25, -0.2) is 0 Å². The van der Waals surface area contributed by atoms with Crippen molar-refractivity contribution in [1.82, 2.24) is 4.98 Å². The lowest BCUT2D eigenvalue weighted by Crippen LogP contribution is -2.07. The van der Waals surface area contributed by atoms with Crippen molar-refractivity contribution in [3.8, 4) is 0 Å². The van der Waals surface area contributed by atoms with Gasteiger partial charge in [0.1, 0.15) is 0 Å². The number of benzene rings is 1. The molecule has 1 heterocycles. The van der Waals surface area contributed by atoms with Crippen molar-refractivity contribution in [2.24, 2.45) is 0 Å². The van der Waals surface area contributed by atoms with Gasteiger partial charge in [-0.15, -0.1) is 18.3 Å². The first-order valence-corrected chi connectivity index (χ1v) is 7.29. The van der Waals surface area contributed by atoms with Crippen molar-refractivity contribution in [2.75, 3.05) is 11.1 Å². The summed E-state index contributed by atoms with van der Waals surface area (Å²) in [5.74, 6) is 0.919. The van der Waals surface area contributed by atoms with Crippen molar-refractivity contribution in [2.45, 2.75) is 17.9 Å². The Morgan fingerprint density at radius 2 is 2.00 bits per heavy atom. The first-order valence-electron chi connectivity index (χ1n) is 6.30. The van der Waals surface area contributed by atoms with E-state index >= 15 is 0 Å². The molecular weight excluding hydrogens is 252 g/mol. The van der Waals surface area contributed by atoms with Gasteiger partial charge in [-0.1, -0.05) is 18.2 Å². The standard InChI is InChI=1S/C16H18N2S/c1-3-12-19-16-7-5-4-6-15(16)18-13(2)14-8-10-17-11-9-14/h3-11,13,18H,1,12H2,2H3. The molecule has 19 heavy (non-hydrogen) atoms. The summed E-state index contributed by atoms with van der Waals surface area (Å²) in [6, 6.07) is 12.7. The van der Waals surface area contributed by atoms with Gasteiger partial charge in [0.15, 0.2) is 0 Å². The summed E-state index contributed by atoms with van der Waals surface area (Å²) in [4.78, 5) is 5.30. The van der Waals surface area contributed by atoms with Crippen LogP contribution in [0.15, 0.2) is 66.3 Å². The van der Waals surface area contributed by atoms with Crippen LogP contribution in [0.5, 0.6) is 0 Å². The maximum Gasteiger partial charge on any atom is 0.0487 e. The van der Waals surface area contributed by atoms with Crippen molar-refractivity contribution >= 4 is 17.4 Å². The molecule has 1 unspecified atom stereocenters. The molecule has 2 aromatic rings. The number of rotatable bonds is 6. The smallest absolute Gasteiger partial charge is 0.0487 e. The van der Waals surface area contributed by atoms with Crippen molar-refractivity contribution in [3.05, 3.63) is 67.0 Å². The molecule has 0 fully saturated rings. The van der Waals surface area contributed by atoms with E-state index in [4.69, 9.17) is 0 Å². The van der Waals surface area contributed by atoms with Crippen LogP contribution in [-0.2, 0) is 0 Å². The molecule has 3 heteroatoms. The lowest BCUT2D eigenvalue weighted by molar-refractivity contribution is 0.875. The number of nitrogens with zero attached hydrogens (tertiary/aromatic N) is 1. The van der Waals surface area contributed by atoms with Crippen LogP contribution in [0.25, 0.3) is 0 Å². The summed E-state index contributed by atoms with van der Waals surface area (Å²) >= 11 is 1.79. The van der Waals surface area contributed by atoms with E-state index in [0.29, 0.717) is 0 Å². The summed E-state index contributed by atoms with van der Waals surface area (Å²) < 4.78 is 0. The summed E-state index contributed by atoms with van der Waals surface area (Å²) in [5.41, 5.74) is 2.40. The van der Waals surface area contributed by atoms with Gasteiger partial charge in [0.25, 0.3) is 0 Å². The zero-order chi connectivity index (χ0) is 13.5. The average Bonchev–Trinajstić information content (AvgIpc) is 2.47. The van der Waals surface area contributed by atoms with E-state index in [2.05, 4.69) is 48.1 Å². The molecule has 0 radical (unpaired) electrons. The first kappa shape index (κ1) is 13.7. The predicted octanol–water partition coefficient (Wildman–Crippen LogP) is 4.53. The fourth-order valence-electron chi connectivity index (χ4n) is 1.83. The molecule has 98 valence electrons. The predicted molar refractivity (Wildman–Crippen MR) is 83.6 cm³/mol. The number of aromatic nitrogens is 1. The van der Waals surface area contributed by atoms with E-state index in [-0.39, 0.29) is 6.04 Å². The van der Waals surface area contributed by atoms with Gasteiger partial charge in [-0.3, -0.25) is 4.98 Å². The Kier molecular flexibility index (Phi) is 5.04. The fraction of sp³-hybridized carbons (Fsp3) is 0.188. The van der Waals surface area contributed by atoms with Gasteiger partial charge >= 0.3 is 0 Å². The Morgan fingerprint density at radius 1 is 1.26 bits per heavy atom. The second-order valence-corrected chi connectivity index (χ2v) is 5.30. The van der Waals surface area contributed by atoms with Crippen LogP contribution >= 0.6 is 11.8 Å². The molecule has 0 aliphatic carbocycles. The molecule has 1 N–H and O–H groups in total. The van der Waals surface area contributed by atoms with Gasteiger partial charge in [0, 0.05) is 34.8 Å². The molecule has 0 aliphatic heterocycles. The van der Waals surface area contributed by atoms with Crippen LogP contribution in [0.3, 0.4) is 0 Å². The normalized spacial score (nSPS) is 11.8. The summed E-state index contributed by atoms with van der Waals surface area (Å²) in [7, 11) is 0. The highest BCUT2D eigenvalue weighted by atomic mass is 32.2. The molecule has 1 atom stereocenters.